The van der Waals surface area contributed by atoms with Crippen molar-refractivity contribution in [3.63, 3.8) is 0 Å². The zero-order valence-corrected chi connectivity index (χ0v) is 12.0. The molecular weight excluding hydrogens is 228 g/mol. The summed E-state index contributed by atoms with van der Waals surface area (Å²) in [5.41, 5.74) is 5.87. The second-order valence-corrected chi connectivity index (χ2v) is 5.60. The quantitative estimate of drug-likeness (QED) is 0.641. The van der Waals surface area contributed by atoms with Crippen LogP contribution in [-0.2, 0) is 19.3 Å². The van der Waals surface area contributed by atoms with E-state index in [2.05, 4.69) is 32.9 Å². The van der Waals surface area contributed by atoms with Crippen LogP contribution in [0.5, 0.6) is 0 Å². The molecule has 1 aliphatic carbocycles. The van der Waals surface area contributed by atoms with Gasteiger partial charge in [0, 0.05) is 0 Å². The van der Waals surface area contributed by atoms with Crippen molar-refractivity contribution in [3.8, 4) is 0 Å². The largest absolute Gasteiger partial charge is 0.118 e. The third-order valence-corrected chi connectivity index (χ3v) is 4.47. The Morgan fingerprint density at radius 2 is 1.59 bits per heavy atom. The molecule has 1 heteroatoms. The summed E-state index contributed by atoms with van der Waals surface area (Å²) in [5.74, 6) is 0.736. The number of halogens is 1. The number of aryl methyl sites for hydroxylation is 3. The molecule has 0 bridgehead atoms. The highest BCUT2D eigenvalue weighted by Crippen LogP contribution is 2.47. The lowest BCUT2D eigenvalue weighted by Gasteiger charge is -2.19. The molecule has 0 spiro atoms. The molecule has 0 nitrogen and oxygen atoms in total. The molecule has 1 unspecified atom stereocenters. The van der Waals surface area contributed by atoms with Gasteiger partial charge in [-0.15, -0.1) is 11.6 Å². The molecular formula is C16H23Cl. The van der Waals surface area contributed by atoms with E-state index in [0.29, 0.717) is 0 Å². The Balaban J connectivity index is 2.45. The van der Waals surface area contributed by atoms with Crippen LogP contribution in [0.3, 0.4) is 0 Å². The van der Waals surface area contributed by atoms with Crippen molar-refractivity contribution in [1.29, 1.82) is 0 Å². The van der Waals surface area contributed by atoms with Gasteiger partial charge in [-0.1, -0.05) is 32.9 Å². The minimum atomic E-state index is 0.255. The first-order valence-corrected chi connectivity index (χ1v) is 7.43. The van der Waals surface area contributed by atoms with Gasteiger partial charge in [0.1, 0.15) is 0 Å². The fourth-order valence-corrected chi connectivity index (χ4v) is 3.15. The van der Waals surface area contributed by atoms with Crippen LogP contribution in [0.1, 0.15) is 61.2 Å². The number of alkyl halides is 1. The molecule has 94 valence electrons. The van der Waals surface area contributed by atoms with Crippen molar-refractivity contribution in [2.75, 3.05) is 0 Å². The average molecular weight is 251 g/mol. The van der Waals surface area contributed by atoms with E-state index < -0.39 is 0 Å². The van der Waals surface area contributed by atoms with Crippen LogP contribution in [0.25, 0.3) is 0 Å². The van der Waals surface area contributed by atoms with Gasteiger partial charge >= 0.3 is 0 Å². The maximum atomic E-state index is 6.67. The van der Waals surface area contributed by atoms with Crippen molar-refractivity contribution in [1.82, 2.24) is 0 Å². The Morgan fingerprint density at radius 3 is 1.94 bits per heavy atom. The molecule has 1 aliphatic rings. The molecule has 1 aromatic carbocycles. The molecule has 2 rings (SSSR count). The van der Waals surface area contributed by atoms with E-state index in [1.165, 1.54) is 35.1 Å². The molecule has 0 aromatic heterocycles. The third kappa shape index (κ3) is 2.68. The van der Waals surface area contributed by atoms with Crippen molar-refractivity contribution < 1.29 is 0 Å². The molecule has 0 N–H and O–H groups in total. The molecule has 1 fully saturated rings. The van der Waals surface area contributed by atoms with Gasteiger partial charge < -0.3 is 0 Å². The van der Waals surface area contributed by atoms with E-state index in [1.54, 1.807) is 0 Å². The first-order chi connectivity index (χ1) is 8.21. The Kier molecular flexibility index (Phi) is 4.14. The topological polar surface area (TPSA) is 0 Å². The van der Waals surface area contributed by atoms with Crippen molar-refractivity contribution >= 4 is 11.6 Å². The first-order valence-electron chi connectivity index (χ1n) is 6.99. The summed E-state index contributed by atoms with van der Waals surface area (Å²) >= 11 is 6.67. The van der Waals surface area contributed by atoms with E-state index >= 15 is 0 Å². The van der Waals surface area contributed by atoms with Crippen LogP contribution in [-0.4, -0.2) is 0 Å². The Hall–Kier alpha value is -0.490. The molecule has 1 atom stereocenters. The zero-order chi connectivity index (χ0) is 12.4. The molecule has 1 saturated carbocycles. The van der Waals surface area contributed by atoms with E-state index in [-0.39, 0.29) is 5.38 Å². The number of rotatable bonds is 5. The zero-order valence-electron chi connectivity index (χ0n) is 11.2. The normalized spacial score (nSPS) is 17.2. The van der Waals surface area contributed by atoms with Crippen LogP contribution in [0, 0.1) is 5.92 Å². The summed E-state index contributed by atoms with van der Waals surface area (Å²) in [5, 5.41) is 0.255. The van der Waals surface area contributed by atoms with Crippen LogP contribution >= 0.6 is 11.6 Å². The Morgan fingerprint density at radius 1 is 1.06 bits per heavy atom. The summed E-state index contributed by atoms with van der Waals surface area (Å²) in [4.78, 5) is 0. The van der Waals surface area contributed by atoms with E-state index in [4.69, 9.17) is 11.6 Å². The molecule has 0 aliphatic heterocycles. The van der Waals surface area contributed by atoms with Crippen molar-refractivity contribution in [2.24, 2.45) is 5.92 Å². The van der Waals surface area contributed by atoms with Gasteiger partial charge in [-0.3, -0.25) is 0 Å². The lowest BCUT2D eigenvalue weighted by Crippen LogP contribution is -2.05. The Labute approximate surface area is 110 Å². The first kappa shape index (κ1) is 13.0. The Bertz CT molecular complexity index is 366. The fourth-order valence-electron chi connectivity index (χ4n) is 2.62. The molecule has 0 radical (unpaired) electrons. The summed E-state index contributed by atoms with van der Waals surface area (Å²) in [7, 11) is 0. The molecule has 0 saturated heterocycles. The van der Waals surface area contributed by atoms with E-state index in [9.17, 15) is 0 Å². The van der Waals surface area contributed by atoms with Gasteiger partial charge in [0.25, 0.3) is 0 Å². The number of hydrogen-bond acceptors (Lipinski definition) is 0. The molecule has 0 amide bonds. The average Bonchev–Trinajstić information content (AvgIpc) is 3.20. The minimum absolute atomic E-state index is 0.255. The number of hydrogen-bond donors (Lipinski definition) is 0. The summed E-state index contributed by atoms with van der Waals surface area (Å²) in [6, 6.07) is 4.73. The second-order valence-electron chi connectivity index (χ2n) is 5.13. The maximum absolute atomic E-state index is 6.67. The SMILES string of the molecule is CCc1cc(CC)c(C(Cl)C2CC2)c(CC)c1. The smallest absolute Gasteiger partial charge is 0.0618 e. The van der Waals surface area contributed by atoms with Crippen LogP contribution in [0.2, 0.25) is 0 Å². The van der Waals surface area contributed by atoms with E-state index in [1.807, 2.05) is 0 Å². The highest BCUT2D eigenvalue weighted by molar-refractivity contribution is 6.21. The van der Waals surface area contributed by atoms with Crippen LogP contribution in [0.4, 0.5) is 0 Å². The van der Waals surface area contributed by atoms with Gasteiger partial charge in [0.15, 0.2) is 0 Å². The predicted octanol–water partition coefficient (Wildman–Crippen LogP) is 5.06. The van der Waals surface area contributed by atoms with Gasteiger partial charge in [0.05, 0.1) is 5.38 Å². The van der Waals surface area contributed by atoms with Crippen LogP contribution in [0.15, 0.2) is 12.1 Å². The highest BCUT2D eigenvalue weighted by atomic mass is 35.5. The molecule has 1 aromatic rings. The number of benzene rings is 1. The van der Waals surface area contributed by atoms with E-state index in [0.717, 1.165) is 25.2 Å². The van der Waals surface area contributed by atoms with Gasteiger partial charge in [-0.25, -0.2) is 0 Å². The maximum Gasteiger partial charge on any atom is 0.0618 e. The summed E-state index contributed by atoms with van der Waals surface area (Å²) in [6.07, 6.45) is 5.96. The van der Waals surface area contributed by atoms with Crippen LogP contribution < -0.4 is 0 Å². The van der Waals surface area contributed by atoms with Gasteiger partial charge in [-0.2, -0.15) is 0 Å². The highest BCUT2D eigenvalue weighted by Gasteiger charge is 2.33. The second kappa shape index (κ2) is 5.44. The predicted molar refractivity (Wildman–Crippen MR) is 75.9 cm³/mol. The van der Waals surface area contributed by atoms with Gasteiger partial charge in [0.2, 0.25) is 0 Å². The monoisotopic (exact) mass is 250 g/mol. The molecule has 0 heterocycles. The standard InChI is InChI=1S/C16H23Cl/c1-4-11-9-12(5-2)15(13(6-3)10-11)16(17)14-7-8-14/h9-10,14,16H,4-8H2,1-3H3. The van der Waals surface area contributed by atoms with Gasteiger partial charge in [-0.05, 0) is 60.3 Å². The summed E-state index contributed by atoms with van der Waals surface area (Å²) < 4.78 is 0. The summed E-state index contributed by atoms with van der Waals surface area (Å²) in [6.45, 7) is 6.72. The fraction of sp³-hybridized carbons (Fsp3) is 0.625. The van der Waals surface area contributed by atoms with Crippen molar-refractivity contribution in [2.45, 2.75) is 58.3 Å². The van der Waals surface area contributed by atoms with Crippen molar-refractivity contribution in [3.05, 3.63) is 34.4 Å². The third-order valence-electron chi connectivity index (χ3n) is 3.89. The lowest BCUT2D eigenvalue weighted by atomic mass is 9.90. The molecule has 17 heavy (non-hydrogen) atoms. The minimum Gasteiger partial charge on any atom is -0.118 e. The lowest BCUT2D eigenvalue weighted by molar-refractivity contribution is 0.772.